The van der Waals surface area contributed by atoms with Crippen LogP contribution in [0.3, 0.4) is 0 Å². The second-order valence-corrected chi connectivity index (χ2v) is 5.13. The summed E-state index contributed by atoms with van der Waals surface area (Å²) in [5, 5.41) is 3.52. The Hall–Kier alpha value is -1.10. The van der Waals surface area contributed by atoms with Gasteiger partial charge in [0.1, 0.15) is 5.75 Å². The predicted octanol–water partition coefficient (Wildman–Crippen LogP) is 3.02. The molecule has 0 amide bonds. The fourth-order valence-corrected chi connectivity index (χ4v) is 2.42. The maximum Gasteiger partial charge on any atom is 0.126 e. The summed E-state index contributed by atoms with van der Waals surface area (Å²) in [6.07, 6.45) is 0.913. The highest BCUT2D eigenvalue weighted by atomic mass is 16.5. The Labute approximate surface area is 128 Å². The van der Waals surface area contributed by atoms with E-state index in [2.05, 4.69) is 38.2 Å². The third-order valence-electron chi connectivity index (χ3n) is 3.72. The van der Waals surface area contributed by atoms with E-state index in [1.54, 1.807) is 14.2 Å². The summed E-state index contributed by atoms with van der Waals surface area (Å²) in [5.41, 5.74) is 3.66. The largest absolute Gasteiger partial charge is 0.496 e. The first-order chi connectivity index (χ1) is 10.2. The number of ether oxygens (including phenoxy) is 3. The van der Waals surface area contributed by atoms with Crippen LogP contribution in [0.2, 0.25) is 0 Å². The standard InChI is InChI=1S/C17H29NO3/c1-6-18-16(9-10-21-12-11-19-4)15-8-7-13(2)14(3)17(15)20-5/h7-8,16,18H,6,9-12H2,1-5H3. The first-order valence-corrected chi connectivity index (χ1v) is 7.59. The lowest BCUT2D eigenvalue weighted by Crippen LogP contribution is -2.23. The SMILES string of the molecule is CCNC(CCOCCOC)c1ccc(C)c(C)c1OC. The number of methoxy groups -OCH3 is 2. The zero-order valence-corrected chi connectivity index (χ0v) is 14.0. The average Bonchev–Trinajstić information content (AvgIpc) is 2.48. The van der Waals surface area contributed by atoms with Crippen molar-refractivity contribution in [2.45, 2.75) is 33.2 Å². The summed E-state index contributed by atoms with van der Waals surface area (Å²) >= 11 is 0. The van der Waals surface area contributed by atoms with Gasteiger partial charge in [-0.3, -0.25) is 0 Å². The molecule has 120 valence electrons. The van der Waals surface area contributed by atoms with Crippen molar-refractivity contribution in [3.63, 3.8) is 0 Å². The summed E-state index contributed by atoms with van der Waals surface area (Å²) < 4.78 is 16.2. The Morgan fingerprint density at radius 2 is 1.86 bits per heavy atom. The number of hydrogen-bond donors (Lipinski definition) is 1. The molecule has 0 aliphatic rings. The summed E-state index contributed by atoms with van der Waals surface area (Å²) in [7, 11) is 3.42. The van der Waals surface area contributed by atoms with Gasteiger partial charge in [0.25, 0.3) is 0 Å². The lowest BCUT2D eigenvalue weighted by Gasteiger charge is -2.22. The minimum atomic E-state index is 0.242. The van der Waals surface area contributed by atoms with Crippen molar-refractivity contribution in [1.82, 2.24) is 5.32 Å². The number of benzene rings is 1. The molecule has 1 atom stereocenters. The van der Waals surface area contributed by atoms with Crippen molar-refractivity contribution in [1.29, 1.82) is 0 Å². The molecule has 1 rings (SSSR count). The second kappa shape index (κ2) is 9.77. The molecule has 0 heterocycles. The van der Waals surface area contributed by atoms with Crippen LogP contribution >= 0.6 is 0 Å². The van der Waals surface area contributed by atoms with Crippen LogP contribution < -0.4 is 10.1 Å². The molecule has 0 fully saturated rings. The Bertz CT molecular complexity index is 421. The van der Waals surface area contributed by atoms with E-state index in [0.717, 1.165) is 18.7 Å². The number of nitrogens with one attached hydrogen (secondary N) is 1. The summed E-state index contributed by atoms with van der Waals surface area (Å²) in [6, 6.07) is 4.55. The fourth-order valence-electron chi connectivity index (χ4n) is 2.42. The molecule has 0 saturated heterocycles. The van der Waals surface area contributed by atoms with Crippen molar-refractivity contribution in [2.75, 3.05) is 40.6 Å². The molecule has 0 spiro atoms. The second-order valence-electron chi connectivity index (χ2n) is 5.13. The third-order valence-corrected chi connectivity index (χ3v) is 3.72. The van der Waals surface area contributed by atoms with E-state index in [-0.39, 0.29) is 6.04 Å². The molecule has 0 aliphatic heterocycles. The van der Waals surface area contributed by atoms with E-state index in [4.69, 9.17) is 14.2 Å². The monoisotopic (exact) mass is 295 g/mol. The molecule has 0 bridgehead atoms. The smallest absolute Gasteiger partial charge is 0.126 e. The van der Waals surface area contributed by atoms with Gasteiger partial charge in [-0.2, -0.15) is 0 Å². The minimum absolute atomic E-state index is 0.242. The van der Waals surface area contributed by atoms with Crippen LogP contribution in [0.4, 0.5) is 0 Å². The summed E-state index contributed by atoms with van der Waals surface area (Å²) in [4.78, 5) is 0. The van der Waals surface area contributed by atoms with Crippen LogP contribution in [0.15, 0.2) is 12.1 Å². The molecule has 0 aromatic heterocycles. The van der Waals surface area contributed by atoms with E-state index >= 15 is 0 Å². The molecule has 1 aromatic rings. The van der Waals surface area contributed by atoms with Crippen LogP contribution in [-0.2, 0) is 9.47 Å². The maximum absolute atomic E-state index is 5.63. The van der Waals surface area contributed by atoms with Gasteiger partial charge >= 0.3 is 0 Å². The van der Waals surface area contributed by atoms with E-state index in [9.17, 15) is 0 Å². The molecule has 1 unspecified atom stereocenters. The molecule has 1 aromatic carbocycles. The van der Waals surface area contributed by atoms with Crippen LogP contribution in [-0.4, -0.2) is 40.6 Å². The maximum atomic E-state index is 5.63. The van der Waals surface area contributed by atoms with Gasteiger partial charge < -0.3 is 19.5 Å². The Morgan fingerprint density at radius 3 is 2.48 bits per heavy atom. The highest BCUT2D eigenvalue weighted by Gasteiger charge is 2.17. The molecular formula is C17H29NO3. The number of hydrogen-bond acceptors (Lipinski definition) is 4. The van der Waals surface area contributed by atoms with Gasteiger partial charge in [-0.1, -0.05) is 19.1 Å². The van der Waals surface area contributed by atoms with E-state index in [0.29, 0.717) is 19.8 Å². The van der Waals surface area contributed by atoms with Crippen LogP contribution in [0, 0.1) is 13.8 Å². The van der Waals surface area contributed by atoms with E-state index in [1.807, 2.05) is 0 Å². The fraction of sp³-hybridized carbons (Fsp3) is 0.647. The molecule has 1 N–H and O–H groups in total. The van der Waals surface area contributed by atoms with Gasteiger partial charge in [0.15, 0.2) is 0 Å². The van der Waals surface area contributed by atoms with Gasteiger partial charge in [-0.05, 0) is 37.9 Å². The van der Waals surface area contributed by atoms with Crippen LogP contribution in [0.1, 0.15) is 36.1 Å². The first kappa shape index (κ1) is 18.0. The quantitative estimate of drug-likeness (QED) is 0.674. The average molecular weight is 295 g/mol. The first-order valence-electron chi connectivity index (χ1n) is 7.59. The van der Waals surface area contributed by atoms with E-state index in [1.165, 1.54) is 16.7 Å². The summed E-state index contributed by atoms with van der Waals surface area (Å²) in [6.45, 7) is 9.23. The highest BCUT2D eigenvalue weighted by Crippen LogP contribution is 2.32. The normalized spacial score (nSPS) is 12.4. The molecule has 4 heteroatoms. The lowest BCUT2D eigenvalue weighted by atomic mass is 9.97. The number of aryl methyl sites for hydroxylation is 1. The molecule has 0 saturated carbocycles. The van der Waals surface area contributed by atoms with E-state index < -0.39 is 0 Å². The van der Waals surface area contributed by atoms with Crippen molar-refractivity contribution < 1.29 is 14.2 Å². The van der Waals surface area contributed by atoms with Crippen LogP contribution in [0.25, 0.3) is 0 Å². The summed E-state index contributed by atoms with van der Waals surface area (Å²) in [5.74, 6) is 0.984. The number of rotatable bonds is 10. The highest BCUT2D eigenvalue weighted by molar-refractivity contribution is 5.46. The predicted molar refractivity (Wildman–Crippen MR) is 86.2 cm³/mol. The lowest BCUT2D eigenvalue weighted by molar-refractivity contribution is 0.0657. The van der Waals surface area contributed by atoms with Gasteiger partial charge in [0, 0.05) is 25.3 Å². The Kier molecular flexibility index (Phi) is 8.35. The Balaban J connectivity index is 2.78. The topological polar surface area (TPSA) is 39.7 Å². The third kappa shape index (κ3) is 5.30. The van der Waals surface area contributed by atoms with Crippen molar-refractivity contribution >= 4 is 0 Å². The van der Waals surface area contributed by atoms with Gasteiger partial charge in [0.05, 0.1) is 20.3 Å². The van der Waals surface area contributed by atoms with Gasteiger partial charge in [-0.15, -0.1) is 0 Å². The zero-order chi connectivity index (χ0) is 15.7. The van der Waals surface area contributed by atoms with Crippen molar-refractivity contribution in [2.24, 2.45) is 0 Å². The Morgan fingerprint density at radius 1 is 1.10 bits per heavy atom. The van der Waals surface area contributed by atoms with Crippen molar-refractivity contribution in [3.8, 4) is 5.75 Å². The van der Waals surface area contributed by atoms with Crippen molar-refractivity contribution in [3.05, 3.63) is 28.8 Å². The molecule has 21 heavy (non-hydrogen) atoms. The minimum Gasteiger partial charge on any atom is -0.496 e. The molecule has 0 aliphatic carbocycles. The van der Waals surface area contributed by atoms with Gasteiger partial charge in [0.2, 0.25) is 0 Å². The molecule has 0 radical (unpaired) electrons. The van der Waals surface area contributed by atoms with Gasteiger partial charge in [-0.25, -0.2) is 0 Å². The molecular weight excluding hydrogens is 266 g/mol. The van der Waals surface area contributed by atoms with Crippen LogP contribution in [0.5, 0.6) is 5.75 Å². The zero-order valence-electron chi connectivity index (χ0n) is 14.0. The molecule has 4 nitrogen and oxygen atoms in total.